The highest BCUT2D eigenvalue weighted by Gasteiger charge is 2.00. The van der Waals surface area contributed by atoms with E-state index in [1.807, 2.05) is 13.8 Å². The summed E-state index contributed by atoms with van der Waals surface area (Å²) < 4.78 is 4.85. The minimum atomic E-state index is -0.343. The molecule has 16 heavy (non-hydrogen) atoms. The maximum Gasteiger partial charge on any atom is 0.308 e. The van der Waals surface area contributed by atoms with E-state index in [0.717, 1.165) is 5.56 Å². The summed E-state index contributed by atoms with van der Waals surface area (Å²) in [5.41, 5.74) is 0.924. The highest BCUT2D eigenvalue weighted by atomic mass is 16.5. The number of rotatable bonds is 3. The topological polar surface area (TPSA) is 43.4 Å². The van der Waals surface area contributed by atoms with Crippen molar-refractivity contribution >= 4 is 11.8 Å². The predicted molar refractivity (Wildman–Crippen MR) is 63.5 cm³/mol. The van der Waals surface area contributed by atoms with E-state index in [1.54, 1.807) is 31.2 Å². The number of hydrogen-bond acceptors (Lipinski definition) is 3. The lowest BCUT2D eigenvalue weighted by molar-refractivity contribution is -0.131. The van der Waals surface area contributed by atoms with E-state index in [9.17, 15) is 9.59 Å². The second-order valence-electron chi connectivity index (χ2n) is 3.12. The molecular weight excluding hydrogens is 204 g/mol. The summed E-state index contributed by atoms with van der Waals surface area (Å²) in [6.07, 6.45) is 0.417. The SMILES string of the molecule is CC.CC(=O)Cc1ccc(OC(C)=O)cc1. The van der Waals surface area contributed by atoms with Crippen LogP contribution in [0.3, 0.4) is 0 Å². The summed E-state index contributed by atoms with van der Waals surface area (Å²) in [6.45, 7) is 6.89. The Hall–Kier alpha value is -1.64. The Bertz CT molecular complexity index is 304. The third kappa shape index (κ3) is 5.96. The minimum absolute atomic E-state index is 0.116. The van der Waals surface area contributed by atoms with Crippen molar-refractivity contribution < 1.29 is 14.3 Å². The molecule has 1 aromatic rings. The lowest BCUT2D eigenvalue weighted by atomic mass is 10.1. The maximum absolute atomic E-state index is 10.8. The van der Waals surface area contributed by atoms with E-state index in [4.69, 9.17) is 4.74 Å². The Morgan fingerprint density at radius 2 is 1.56 bits per heavy atom. The molecule has 0 heterocycles. The highest BCUT2D eigenvalue weighted by Crippen LogP contribution is 2.12. The molecule has 0 saturated heterocycles. The number of esters is 1. The standard InChI is InChI=1S/C11H12O3.C2H6/c1-8(12)7-10-3-5-11(6-4-10)14-9(2)13;1-2/h3-6H,7H2,1-2H3;1-2H3. The van der Waals surface area contributed by atoms with Crippen LogP contribution in [0.2, 0.25) is 0 Å². The monoisotopic (exact) mass is 222 g/mol. The van der Waals surface area contributed by atoms with E-state index in [1.165, 1.54) is 6.92 Å². The van der Waals surface area contributed by atoms with Crippen LogP contribution in [-0.2, 0) is 16.0 Å². The van der Waals surface area contributed by atoms with Crippen LogP contribution in [0.25, 0.3) is 0 Å². The molecule has 0 fully saturated rings. The molecule has 1 aromatic carbocycles. The summed E-state index contributed by atoms with van der Waals surface area (Å²) in [7, 11) is 0. The smallest absolute Gasteiger partial charge is 0.308 e. The van der Waals surface area contributed by atoms with Gasteiger partial charge in [-0.2, -0.15) is 0 Å². The molecule has 0 aliphatic carbocycles. The first-order valence-corrected chi connectivity index (χ1v) is 5.34. The van der Waals surface area contributed by atoms with E-state index >= 15 is 0 Å². The van der Waals surface area contributed by atoms with Gasteiger partial charge in [-0.15, -0.1) is 0 Å². The molecule has 3 nitrogen and oxygen atoms in total. The molecule has 88 valence electrons. The molecule has 0 bridgehead atoms. The fourth-order valence-electron chi connectivity index (χ4n) is 1.13. The Labute approximate surface area is 96.4 Å². The van der Waals surface area contributed by atoms with Crippen LogP contribution in [-0.4, -0.2) is 11.8 Å². The summed E-state index contributed by atoms with van der Waals surface area (Å²) in [6, 6.07) is 6.92. The molecular formula is C13H18O3. The van der Waals surface area contributed by atoms with Gasteiger partial charge >= 0.3 is 5.97 Å². The van der Waals surface area contributed by atoms with E-state index in [0.29, 0.717) is 12.2 Å². The Kier molecular flexibility index (Phi) is 6.84. The van der Waals surface area contributed by atoms with Crippen LogP contribution in [0.4, 0.5) is 0 Å². The summed E-state index contributed by atoms with van der Waals surface area (Å²) in [5, 5.41) is 0. The normalized spacial score (nSPS) is 8.75. The zero-order chi connectivity index (χ0) is 12.6. The number of carbonyl (C=O) groups excluding carboxylic acids is 2. The molecule has 0 atom stereocenters. The van der Waals surface area contributed by atoms with Gasteiger partial charge in [0.2, 0.25) is 0 Å². The van der Waals surface area contributed by atoms with Crippen molar-refractivity contribution in [2.24, 2.45) is 0 Å². The molecule has 0 unspecified atom stereocenters. The maximum atomic E-state index is 10.8. The first-order valence-electron chi connectivity index (χ1n) is 5.34. The second-order valence-corrected chi connectivity index (χ2v) is 3.12. The van der Waals surface area contributed by atoms with Crippen LogP contribution in [0.5, 0.6) is 5.75 Å². The van der Waals surface area contributed by atoms with Crippen molar-refractivity contribution in [1.82, 2.24) is 0 Å². The van der Waals surface area contributed by atoms with E-state index in [-0.39, 0.29) is 11.8 Å². The molecule has 0 saturated carbocycles. The van der Waals surface area contributed by atoms with E-state index < -0.39 is 0 Å². The number of hydrogen-bond donors (Lipinski definition) is 0. The highest BCUT2D eigenvalue weighted by molar-refractivity contribution is 5.78. The number of benzene rings is 1. The van der Waals surface area contributed by atoms with Crippen LogP contribution in [0.15, 0.2) is 24.3 Å². The van der Waals surface area contributed by atoms with Gasteiger partial charge in [0.05, 0.1) is 0 Å². The molecule has 1 rings (SSSR count). The molecule has 0 amide bonds. The largest absolute Gasteiger partial charge is 0.427 e. The Balaban J connectivity index is 0.00000106. The summed E-state index contributed by atoms with van der Waals surface area (Å²) in [4.78, 5) is 21.4. The van der Waals surface area contributed by atoms with Gasteiger partial charge in [-0.05, 0) is 24.6 Å². The van der Waals surface area contributed by atoms with Gasteiger partial charge in [0.15, 0.2) is 0 Å². The van der Waals surface area contributed by atoms with Crippen LogP contribution in [0, 0.1) is 0 Å². The lowest BCUT2D eigenvalue weighted by Gasteiger charge is -2.01. The third-order valence-corrected chi connectivity index (χ3v) is 1.64. The van der Waals surface area contributed by atoms with Crippen molar-refractivity contribution in [3.05, 3.63) is 29.8 Å². The lowest BCUT2D eigenvalue weighted by Crippen LogP contribution is -2.01. The number of carbonyl (C=O) groups is 2. The third-order valence-electron chi connectivity index (χ3n) is 1.64. The van der Waals surface area contributed by atoms with Crippen molar-refractivity contribution in [2.75, 3.05) is 0 Å². The van der Waals surface area contributed by atoms with Crippen molar-refractivity contribution in [3.8, 4) is 5.75 Å². The molecule has 0 aromatic heterocycles. The zero-order valence-electron chi connectivity index (χ0n) is 10.2. The summed E-state index contributed by atoms with van der Waals surface area (Å²) in [5.74, 6) is 0.277. The van der Waals surface area contributed by atoms with Gasteiger partial charge in [-0.25, -0.2) is 0 Å². The van der Waals surface area contributed by atoms with Crippen molar-refractivity contribution in [1.29, 1.82) is 0 Å². The number of ketones is 1. The summed E-state index contributed by atoms with van der Waals surface area (Å²) >= 11 is 0. The average molecular weight is 222 g/mol. The number of Topliss-reactive ketones (excluding diaryl/α,β-unsaturated/α-hetero) is 1. The van der Waals surface area contributed by atoms with Gasteiger partial charge in [0.1, 0.15) is 11.5 Å². The molecule has 3 heteroatoms. The van der Waals surface area contributed by atoms with Gasteiger partial charge in [-0.1, -0.05) is 26.0 Å². The van der Waals surface area contributed by atoms with Crippen molar-refractivity contribution in [3.63, 3.8) is 0 Å². The average Bonchev–Trinajstić information content (AvgIpc) is 2.22. The zero-order valence-corrected chi connectivity index (χ0v) is 10.2. The second kappa shape index (κ2) is 7.63. The molecule has 0 aliphatic rings. The number of ether oxygens (including phenoxy) is 1. The Morgan fingerprint density at radius 1 is 1.06 bits per heavy atom. The molecule has 0 N–H and O–H groups in total. The van der Waals surface area contributed by atoms with Crippen LogP contribution < -0.4 is 4.74 Å². The van der Waals surface area contributed by atoms with Crippen LogP contribution in [0.1, 0.15) is 33.3 Å². The Morgan fingerprint density at radius 3 is 1.94 bits per heavy atom. The first-order chi connectivity index (χ1) is 7.58. The van der Waals surface area contributed by atoms with Gasteiger partial charge in [-0.3, -0.25) is 9.59 Å². The quantitative estimate of drug-likeness (QED) is 0.583. The molecule has 0 radical (unpaired) electrons. The molecule has 0 spiro atoms. The van der Waals surface area contributed by atoms with Gasteiger partial charge < -0.3 is 4.74 Å². The predicted octanol–water partition coefficient (Wildman–Crippen LogP) is 2.77. The van der Waals surface area contributed by atoms with Crippen LogP contribution >= 0.6 is 0 Å². The minimum Gasteiger partial charge on any atom is -0.427 e. The fraction of sp³-hybridized carbons (Fsp3) is 0.385. The van der Waals surface area contributed by atoms with Gasteiger partial charge in [0.25, 0.3) is 0 Å². The van der Waals surface area contributed by atoms with Gasteiger partial charge in [0, 0.05) is 13.3 Å². The fourth-order valence-corrected chi connectivity index (χ4v) is 1.13. The van der Waals surface area contributed by atoms with Crippen molar-refractivity contribution in [2.45, 2.75) is 34.1 Å². The van der Waals surface area contributed by atoms with E-state index in [2.05, 4.69) is 0 Å². The first kappa shape index (κ1) is 14.4. The molecule has 0 aliphatic heterocycles.